The molecule has 0 amide bonds. The second kappa shape index (κ2) is 7.86. The first-order chi connectivity index (χ1) is 12.3. The van der Waals surface area contributed by atoms with Gasteiger partial charge in [0.05, 0.1) is 6.10 Å². The molecule has 1 saturated heterocycles. The molecule has 130 valence electrons. The second-order valence-electron chi connectivity index (χ2n) is 5.76. The van der Waals surface area contributed by atoms with Gasteiger partial charge in [0, 0.05) is 18.9 Å². The summed E-state index contributed by atoms with van der Waals surface area (Å²) in [6.07, 6.45) is 2.50. The number of benzene rings is 1. The van der Waals surface area contributed by atoms with Crippen molar-refractivity contribution in [2.45, 2.75) is 29.9 Å². The van der Waals surface area contributed by atoms with E-state index in [0.717, 1.165) is 41.6 Å². The topological polar surface area (TPSA) is 59.9 Å². The van der Waals surface area contributed by atoms with Crippen LogP contribution in [0.4, 0.5) is 5.13 Å². The number of aromatic nitrogens is 3. The fourth-order valence-electron chi connectivity index (χ4n) is 2.64. The highest BCUT2D eigenvalue weighted by atomic mass is 35.5. The van der Waals surface area contributed by atoms with Crippen molar-refractivity contribution < 1.29 is 4.74 Å². The predicted octanol–water partition coefficient (Wildman–Crippen LogP) is 4.62. The maximum atomic E-state index is 6.34. The van der Waals surface area contributed by atoms with Crippen LogP contribution in [0.3, 0.4) is 0 Å². The molecular weight excluding hydrogens is 376 g/mol. The molecule has 4 rings (SSSR count). The van der Waals surface area contributed by atoms with E-state index in [1.165, 1.54) is 16.9 Å². The van der Waals surface area contributed by atoms with Crippen molar-refractivity contribution in [3.63, 3.8) is 0 Å². The number of fused-ring (bicyclic) bond motifs is 1. The summed E-state index contributed by atoms with van der Waals surface area (Å²) in [5.74, 6) is 0.803. The lowest BCUT2D eigenvalue weighted by molar-refractivity contribution is 0.120. The van der Waals surface area contributed by atoms with Gasteiger partial charge in [-0.2, -0.15) is 4.98 Å². The Morgan fingerprint density at radius 2 is 2.12 bits per heavy atom. The summed E-state index contributed by atoms with van der Waals surface area (Å²) < 4.78 is 6.44. The highest BCUT2D eigenvalue weighted by Gasteiger charge is 2.17. The van der Waals surface area contributed by atoms with Gasteiger partial charge >= 0.3 is 0 Å². The van der Waals surface area contributed by atoms with Crippen molar-refractivity contribution in [2.75, 3.05) is 18.5 Å². The molecule has 25 heavy (non-hydrogen) atoms. The number of thiazole rings is 1. The van der Waals surface area contributed by atoms with Gasteiger partial charge in [-0.1, -0.05) is 65.0 Å². The molecule has 1 aromatic carbocycles. The first kappa shape index (κ1) is 17.0. The van der Waals surface area contributed by atoms with Crippen molar-refractivity contribution in [3.8, 4) is 0 Å². The van der Waals surface area contributed by atoms with Gasteiger partial charge in [0.2, 0.25) is 0 Å². The minimum Gasteiger partial charge on any atom is -0.376 e. The van der Waals surface area contributed by atoms with Gasteiger partial charge in [-0.15, -0.1) is 0 Å². The summed E-state index contributed by atoms with van der Waals surface area (Å²) in [7, 11) is 0. The molecule has 0 aliphatic carbocycles. The van der Waals surface area contributed by atoms with Crippen molar-refractivity contribution in [1.82, 2.24) is 15.0 Å². The highest BCUT2D eigenvalue weighted by Crippen LogP contribution is 2.32. The predicted molar refractivity (Wildman–Crippen MR) is 104 cm³/mol. The highest BCUT2D eigenvalue weighted by molar-refractivity contribution is 7.98. The molecule has 1 fully saturated rings. The first-order valence-corrected chi connectivity index (χ1v) is 10.3. The Balaban J connectivity index is 1.46. The molecule has 5 nitrogen and oxygen atoms in total. The number of nitrogens with one attached hydrogen (secondary N) is 1. The molecule has 1 atom stereocenters. The number of ether oxygens (including phenoxy) is 1. The molecule has 0 saturated carbocycles. The third-order valence-electron chi connectivity index (χ3n) is 3.91. The summed E-state index contributed by atoms with van der Waals surface area (Å²) in [5.41, 5.74) is 1.87. The van der Waals surface area contributed by atoms with E-state index < -0.39 is 0 Å². The zero-order valence-electron chi connectivity index (χ0n) is 13.4. The summed E-state index contributed by atoms with van der Waals surface area (Å²) >= 11 is 9.39. The Bertz CT molecular complexity index is 852. The average molecular weight is 393 g/mol. The maximum absolute atomic E-state index is 6.34. The molecule has 1 unspecified atom stereocenters. The number of hydrogen-bond donors (Lipinski definition) is 1. The van der Waals surface area contributed by atoms with Gasteiger partial charge < -0.3 is 10.1 Å². The Morgan fingerprint density at radius 1 is 1.24 bits per heavy atom. The van der Waals surface area contributed by atoms with Crippen LogP contribution in [-0.2, 0) is 10.5 Å². The van der Waals surface area contributed by atoms with Crippen LogP contribution >= 0.6 is 34.7 Å². The number of thioether (sulfide) groups is 1. The molecule has 1 N–H and O–H groups in total. The standard InChI is InChI=1S/C17H17ClN4OS2/c18-14-13-15(21-16(25-13)19-9-12-7-4-8-23-12)22-17(20-14)24-10-11-5-2-1-3-6-11/h1-3,5-6,12H,4,7-10H2,(H,19,20,21,22). The van der Waals surface area contributed by atoms with Gasteiger partial charge in [0.25, 0.3) is 0 Å². The summed E-state index contributed by atoms with van der Waals surface area (Å²) in [4.78, 5) is 13.5. The third-order valence-corrected chi connectivity index (χ3v) is 6.22. The SMILES string of the molecule is Clc1nc(SCc2ccccc2)nc2nc(NCC3CCCO3)sc12. The lowest BCUT2D eigenvalue weighted by Gasteiger charge is -2.08. The van der Waals surface area contributed by atoms with E-state index in [9.17, 15) is 0 Å². The van der Waals surface area contributed by atoms with Crippen molar-refractivity contribution in [1.29, 1.82) is 0 Å². The molecule has 3 aromatic rings. The number of rotatable bonds is 6. The molecule has 3 heterocycles. The van der Waals surface area contributed by atoms with Gasteiger partial charge in [0.1, 0.15) is 4.70 Å². The van der Waals surface area contributed by atoms with Gasteiger partial charge in [-0.3, -0.25) is 0 Å². The lowest BCUT2D eigenvalue weighted by atomic mass is 10.2. The molecule has 1 aliphatic heterocycles. The van der Waals surface area contributed by atoms with Crippen molar-refractivity contribution >= 4 is 50.2 Å². The fraction of sp³-hybridized carbons (Fsp3) is 0.353. The largest absolute Gasteiger partial charge is 0.376 e. The monoisotopic (exact) mass is 392 g/mol. The van der Waals surface area contributed by atoms with E-state index in [1.807, 2.05) is 18.2 Å². The number of nitrogens with zero attached hydrogens (tertiary/aromatic N) is 3. The summed E-state index contributed by atoms with van der Waals surface area (Å²) in [5, 5.41) is 5.25. The zero-order chi connectivity index (χ0) is 17.1. The van der Waals surface area contributed by atoms with E-state index in [-0.39, 0.29) is 6.10 Å². The van der Waals surface area contributed by atoms with Gasteiger partial charge in [-0.25, -0.2) is 9.97 Å². The normalized spacial score (nSPS) is 17.2. The quantitative estimate of drug-likeness (QED) is 0.375. The number of anilines is 1. The number of hydrogen-bond acceptors (Lipinski definition) is 7. The Kier molecular flexibility index (Phi) is 5.36. The molecule has 1 aliphatic rings. The molecule has 0 spiro atoms. The summed E-state index contributed by atoms with van der Waals surface area (Å²) in [6.45, 7) is 1.62. The molecular formula is C17H17ClN4OS2. The maximum Gasteiger partial charge on any atom is 0.191 e. The minimum atomic E-state index is 0.269. The van der Waals surface area contributed by atoms with E-state index in [2.05, 4.69) is 32.4 Å². The van der Waals surface area contributed by atoms with Gasteiger partial charge in [0.15, 0.2) is 21.1 Å². The lowest BCUT2D eigenvalue weighted by Crippen LogP contribution is -2.18. The van der Waals surface area contributed by atoms with Crippen LogP contribution in [0.15, 0.2) is 35.5 Å². The molecule has 0 bridgehead atoms. The third kappa shape index (κ3) is 4.23. The van der Waals surface area contributed by atoms with Crippen molar-refractivity contribution in [3.05, 3.63) is 41.0 Å². The fourth-order valence-corrected chi connectivity index (χ4v) is 4.56. The van der Waals surface area contributed by atoms with Crippen LogP contribution in [0.5, 0.6) is 0 Å². The van der Waals surface area contributed by atoms with Crippen molar-refractivity contribution in [2.24, 2.45) is 0 Å². The van der Waals surface area contributed by atoms with Crippen LogP contribution in [0.2, 0.25) is 5.15 Å². The molecule has 2 aromatic heterocycles. The Morgan fingerprint density at radius 3 is 2.92 bits per heavy atom. The molecule has 0 radical (unpaired) electrons. The van der Waals surface area contributed by atoms with E-state index in [0.29, 0.717) is 16.0 Å². The van der Waals surface area contributed by atoms with Crippen LogP contribution < -0.4 is 5.32 Å². The summed E-state index contributed by atoms with van der Waals surface area (Å²) in [6, 6.07) is 10.2. The zero-order valence-corrected chi connectivity index (χ0v) is 15.8. The Hall–Kier alpha value is -1.41. The first-order valence-electron chi connectivity index (χ1n) is 8.14. The van der Waals surface area contributed by atoms with Crippen LogP contribution in [-0.4, -0.2) is 34.2 Å². The average Bonchev–Trinajstić information content (AvgIpc) is 3.28. The van der Waals surface area contributed by atoms with E-state index >= 15 is 0 Å². The van der Waals surface area contributed by atoms with Crippen LogP contribution in [0.25, 0.3) is 10.3 Å². The van der Waals surface area contributed by atoms with E-state index in [4.69, 9.17) is 16.3 Å². The molecule has 8 heteroatoms. The van der Waals surface area contributed by atoms with Crippen LogP contribution in [0, 0.1) is 0 Å². The van der Waals surface area contributed by atoms with Crippen LogP contribution in [0.1, 0.15) is 18.4 Å². The Labute approximate surface area is 159 Å². The van der Waals surface area contributed by atoms with E-state index in [1.54, 1.807) is 11.8 Å². The minimum absolute atomic E-state index is 0.269. The second-order valence-corrected chi connectivity index (χ2v) is 8.06. The number of halogens is 1. The smallest absolute Gasteiger partial charge is 0.191 e. The van der Waals surface area contributed by atoms with Gasteiger partial charge in [-0.05, 0) is 18.4 Å².